The Morgan fingerprint density at radius 1 is 1.43 bits per heavy atom. The SMILES string of the molecule is Cc1ncsc1-c1ccc([C@H](C)NC(=O)[C@H]2C[C@H](O)CN2)cc1. The molecule has 1 aliphatic heterocycles. The van der Waals surface area contributed by atoms with Crippen molar-refractivity contribution in [2.45, 2.75) is 38.5 Å². The van der Waals surface area contributed by atoms with Crippen LogP contribution in [-0.2, 0) is 4.79 Å². The molecule has 0 aliphatic carbocycles. The third-order valence-corrected chi connectivity index (χ3v) is 5.18. The predicted molar refractivity (Wildman–Crippen MR) is 91.3 cm³/mol. The molecule has 2 heterocycles. The van der Waals surface area contributed by atoms with Crippen LogP contribution < -0.4 is 10.6 Å². The van der Waals surface area contributed by atoms with E-state index < -0.39 is 6.10 Å². The van der Waals surface area contributed by atoms with Crippen LogP contribution in [0.2, 0.25) is 0 Å². The number of aromatic nitrogens is 1. The van der Waals surface area contributed by atoms with Crippen LogP contribution in [0.1, 0.15) is 30.6 Å². The minimum absolute atomic E-state index is 0.0589. The number of β-amino-alcohol motifs (C(OH)–C–C–N with tert-alkyl or cyclic N) is 1. The Morgan fingerprint density at radius 2 is 2.17 bits per heavy atom. The zero-order chi connectivity index (χ0) is 16.4. The van der Waals surface area contributed by atoms with Gasteiger partial charge in [-0.2, -0.15) is 0 Å². The van der Waals surface area contributed by atoms with E-state index in [1.807, 2.05) is 31.5 Å². The second-order valence-electron chi connectivity index (χ2n) is 5.97. The maximum atomic E-state index is 12.2. The number of hydrogen-bond donors (Lipinski definition) is 3. The van der Waals surface area contributed by atoms with Crippen molar-refractivity contribution in [3.63, 3.8) is 0 Å². The van der Waals surface area contributed by atoms with Crippen LogP contribution in [0.5, 0.6) is 0 Å². The van der Waals surface area contributed by atoms with E-state index in [0.717, 1.165) is 16.8 Å². The van der Waals surface area contributed by atoms with Gasteiger partial charge in [0.2, 0.25) is 5.91 Å². The number of aliphatic hydroxyl groups is 1. The van der Waals surface area contributed by atoms with Gasteiger partial charge in [-0.25, -0.2) is 4.98 Å². The molecule has 1 fully saturated rings. The third kappa shape index (κ3) is 3.60. The number of benzene rings is 1. The average Bonchev–Trinajstić information content (AvgIpc) is 3.16. The smallest absolute Gasteiger partial charge is 0.237 e. The molecule has 2 aromatic rings. The van der Waals surface area contributed by atoms with Crippen LogP contribution in [0.4, 0.5) is 0 Å². The van der Waals surface area contributed by atoms with E-state index in [9.17, 15) is 9.90 Å². The van der Waals surface area contributed by atoms with Gasteiger partial charge >= 0.3 is 0 Å². The summed E-state index contributed by atoms with van der Waals surface area (Å²) in [6.45, 7) is 4.46. The van der Waals surface area contributed by atoms with Gasteiger partial charge in [0.15, 0.2) is 0 Å². The van der Waals surface area contributed by atoms with E-state index in [-0.39, 0.29) is 18.0 Å². The Morgan fingerprint density at radius 3 is 2.74 bits per heavy atom. The molecule has 0 saturated carbocycles. The fourth-order valence-corrected chi connectivity index (χ4v) is 3.63. The van der Waals surface area contributed by atoms with Gasteiger partial charge in [0.05, 0.1) is 34.3 Å². The second kappa shape index (κ2) is 6.78. The van der Waals surface area contributed by atoms with Crippen molar-refractivity contribution in [3.8, 4) is 10.4 Å². The lowest BCUT2D eigenvalue weighted by molar-refractivity contribution is -0.123. The van der Waals surface area contributed by atoms with Gasteiger partial charge in [-0.15, -0.1) is 11.3 Å². The number of carbonyl (C=O) groups is 1. The van der Waals surface area contributed by atoms with Gasteiger partial charge in [-0.05, 0) is 31.4 Å². The zero-order valence-electron chi connectivity index (χ0n) is 13.2. The lowest BCUT2D eigenvalue weighted by atomic mass is 10.0. The highest BCUT2D eigenvalue weighted by molar-refractivity contribution is 7.13. The first-order valence-corrected chi connectivity index (χ1v) is 8.65. The molecular formula is C17H21N3O2S. The Kier molecular flexibility index (Phi) is 4.75. The quantitative estimate of drug-likeness (QED) is 0.801. The molecule has 3 atom stereocenters. The molecule has 3 N–H and O–H groups in total. The number of carbonyl (C=O) groups excluding carboxylic acids is 1. The van der Waals surface area contributed by atoms with E-state index in [2.05, 4.69) is 27.8 Å². The number of aliphatic hydroxyl groups excluding tert-OH is 1. The van der Waals surface area contributed by atoms with Crippen LogP contribution >= 0.6 is 11.3 Å². The molecule has 6 heteroatoms. The van der Waals surface area contributed by atoms with E-state index in [4.69, 9.17) is 0 Å². The van der Waals surface area contributed by atoms with Crippen molar-refractivity contribution >= 4 is 17.2 Å². The standard InChI is InChI=1S/C17H21N3O2S/c1-10(20-17(22)15-7-14(21)8-18-15)12-3-5-13(6-4-12)16-11(2)19-9-23-16/h3-6,9-10,14-15,18,21H,7-8H2,1-2H3,(H,20,22)/t10-,14-,15+/m0/s1. The van der Waals surface area contributed by atoms with Crippen molar-refractivity contribution in [1.29, 1.82) is 0 Å². The Labute approximate surface area is 139 Å². The van der Waals surface area contributed by atoms with Crippen LogP contribution in [0, 0.1) is 6.92 Å². The minimum Gasteiger partial charge on any atom is -0.392 e. The number of thiazole rings is 1. The number of hydrogen-bond acceptors (Lipinski definition) is 5. The number of rotatable bonds is 4. The molecule has 1 aromatic heterocycles. The maximum Gasteiger partial charge on any atom is 0.237 e. The molecule has 1 amide bonds. The van der Waals surface area contributed by atoms with Gasteiger partial charge in [-0.1, -0.05) is 24.3 Å². The molecule has 5 nitrogen and oxygen atoms in total. The molecule has 0 spiro atoms. The van der Waals surface area contributed by atoms with E-state index in [1.165, 1.54) is 4.88 Å². The predicted octanol–water partition coefficient (Wildman–Crippen LogP) is 2.02. The molecule has 1 aromatic carbocycles. The van der Waals surface area contributed by atoms with Crippen LogP contribution in [0.15, 0.2) is 29.8 Å². The summed E-state index contributed by atoms with van der Waals surface area (Å²) in [5.41, 5.74) is 5.09. The summed E-state index contributed by atoms with van der Waals surface area (Å²) in [7, 11) is 0. The van der Waals surface area contributed by atoms with Crippen molar-refractivity contribution in [2.24, 2.45) is 0 Å². The van der Waals surface area contributed by atoms with Gasteiger partial charge in [0, 0.05) is 6.54 Å². The summed E-state index contributed by atoms with van der Waals surface area (Å²) in [5, 5.41) is 15.5. The number of nitrogens with one attached hydrogen (secondary N) is 2. The number of amides is 1. The molecule has 23 heavy (non-hydrogen) atoms. The molecule has 122 valence electrons. The molecule has 0 bridgehead atoms. The van der Waals surface area contributed by atoms with Crippen LogP contribution in [0.25, 0.3) is 10.4 Å². The highest BCUT2D eigenvalue weighted by Crippen LogP contribution is 2.28. The first kappa shape index (κ1) is 16.1. The first-order chi connectivity index (χ1) is 11.0. The summed E-state index contributed by atoms with van der Waals surface area (Å²) >= 11 is 1.63. The Bertz CT molecular complexity index is 683. The van der Waals surface area contributed by atoms with Gasteiger partial charge in [0.1, 0.15) is 0 Å². The summed E-state index contributed by atoms with van der Waals surface area (Å²) in [5.74, 6) is -0.0589. The van der Waals surface area contributed by atoms with Gasteiger partial charge in [-0.3, -0.25) is 4.79 Å². The lowest BCUT2D eigenvalue weighted by Crippen LogP contribution is -2.41. The van der Waals surface area contributed by atoms with E-state index >= 15 is 0 Å². The summed E-state index contributed by atoms with van der Waals surface area (Å²) in [6.07, 6.45) is 0.0466. The normalized spacial score (nSPS) is 22.0. The minimum atomic E-state index is -0.428. The van der Waals surface area contributed by atoms with Crippen molar-refractivity contribution < 1.29 is 9.90 Å². The zero-order valence-corrected chi connectivity index (χ0v) is 14.1. The highest BCUT2D eigenvalue weighted by Gasteiger charge is 2.28. The highest BCUT2D eigenvalue weighted by atomic mass is 32.1. The first-order valence-electron chi connectivity index (χ1n) is 7.77. The largest absolute Gasteiger partial charge is 0.392 e. The van der Waals surface area contributed by atoms with Crippen molar-refractivity contribution in [2.75, 3.05) is 6.54 Å². The molecule has 1 saturated heterocycles. The fraction of sp³-hybridized carbons (Fsp3) is 0.412. The number of nitrogens with zero attached hydrogens (tertiary/aromatic N) is 1. The molecular weight excluding hydrogens is 310 g/mol. The summed E-state index contributed by atoms with van der Waals surface area (Å²) < 4.78 is 0. The van der Waals surface area contributed by atoms with E-state index in [0.29, 0.717) is 13.0 Å². The van der Waals surface area contributed by atoms with Crippen LogP contribution in [0.3, 0.4) is 0 Å². The molecule has 1 aliphatic rings. The second-order valence-corrected chi connectivity index (χ2v) is 6.82. The number of aryl methyl sites for hydroxylation is 1. The van der Waals surface area contributed by atoms with Gasteiger partial charge in [0.25, 0.3) is 0 Å². The monoisotopic (exact) mass is 331 g/mol. The lowest BCUT2D eigenvalue weighted by Gasteiger charge is -2.18. The summed E-state index contributed by atoms with van der Waals surface area (Å²) in [4.78, 5) is 17.6. The van der Waals surface area contributed by atoms with Crippen molar-refractivity contribution in [1.82, 2.24) is 15.6 Å². The Balaban J connectivity index is 1.65. The fourth-order valence-electron chi connectivity index (χ4n) is 2.82. The molecule has 0 unspecified atom stereocenters. The van der Waals surface area contributed by atoms with Crippen LogP contribution in [-0.4, -0.2) is 34.7 Å². The van der Waals surface area contributed by atoms with Gasteiger partial charge < -0.3 is 15.7 Å². The topological polar surface area (TPSA) is 74.2 Å². The maximum absolute atomic E-state index is 12.2. The van der Waals surface area contributed by atoms with Crippen molar-refractivity contribution in [3.05, 3.63) is 41.0 Å². The molecule has 0 radical (unpaired) electrons. The third-order valence-electron chi connectivity index (χ3n) is 4.20. The van der Waals surface area contributed by atoms with E-state index in [1.54, 1.807) is 11.3 Å². The molecule has 3 rings (SSSR count). The Hall–Kier alpha value is -1.76. The summed E-state index contributed by atoms with van der Waals surface area (Å²) in [6, 6.07) is 7.84. The average molecular weight is 331 g/mol.